The lowest BCUT2D eigenvalue weighted by Gasteiger charge is -2.09. The van der Waals surface area contributed by atoms with E-state index in [2.05, 4.69) is 0 Å². The molecule has 0 unspecified atom stereocenters. The van der Waals surface area contributed by atoms with Crippen molar-refractivity contribution >= 4 is 27.5 Å². The highest BCUT2D eigenvalue weighted by molar-refractivity contribution is 7.16. The number of hydrogen-bond donors (Lipinski definition) is 0. The Hall–Kier alpha value is -2.61. The van der Waals surface area contributed by atoms with E-state index in [9.17, 15) is 22.8 Å². The molecule has 0 aliphatic rings. The van der Waals surface area contributed by atoms with E-state index in [-0.39, 0.29) is 23.6 Å². The third-order valence-electron chi connectivity index (χ3n) is 3.52. The quantitative estimate of drug-likeness (QED) is 0.659. The zero-order valence-corrected chi connectivity index (χ0v) is 13.6. The zero-order chi connectivity index (χ0) is 18.0. The minimum atomic E-state index is -4.46. The first-order valence-electron chi connectivity index (χ1n) is 7.25. The van der Waals surface area contributed by atoms with Gasteiger partial charge in [-0.3, -0.25) is 14.2 Å². The summed E-state index contributed by atoms with van der Waals surface area (Å²) in [4.78, 5) is 23.6. The first-order chi connectivity index (χ1) is 11.8. The summed E-state index contributed by atoms with van der Waals surface area (Å²) >= 11 is 1.01. The van der Waals surface area contributed by atoms with E-state index in [0.717, 1.165) is 28.2 Å². The molecule has 0 radical (unpaired) electrons. The zero-order valence-electron chi connectivity index (χ0n) is 12.7. The van der Waals surface area contributed by atoms with E-state index in [4.69, 9.17) is 4.74 Å². The molecule has 0 spiro atoms. The van der Waals surface area contributed by atoms with Crippen LogP contribution in [0.4, 0.5) is 13.2 Å². The maximum Gasteiger partial charge on any atom is 0.416 e. The summed E-state index contributed by atoms with van der Waals surface area (Å²) in [5, 5.41) is 0. The van der Waals surface area contributed by atoms with Gasteiger partial charge >= 0.3 is 17.0 Å². The number of para-hydroxylation sites is 1. The fourth-order valence-electron chi connectivity index (χ4n) is 2.34. The van der Waals surface area contributed by atoms with Crippen LogP contribution in [-0.2, 0) is 28.9 Å². The topological polar surface area (TPSA) is 48.3 Å². The van der Waals surface area contributed by atoms with Crippen LogP contribution in [-0.4, -0.2) is 10.5 Å². The standard InChI is InChI=1S/C17H12F3NO3S/c18-17(19,20)12-5-3-4-11(8-12)10-24-15(22)9-21-13-6-1-2-7-14(13)25-16(21)23/h1-8H,9-10H2. The SMILES string of the molecule is O=C(Cn1c(=O)sc2ccccc21)OCc1cccc(C(F)(F)F)c1. The maximum atomic E-state index is 12.7. The van der Waals surface area contributed by atoms with Gasteiger partial charge in [-0.1, -0.05) is 35.6 Å². The van der Waals surface area contributed by atoms with Gasteiger partial charge in [0.25, 0.3) is 0 Å². The highest BCUT2D eigenvalue weighted by Gasteiger charge is 2.30. The van der Waals surface area contributed by atoms with Gasteiger partial charge in [0.05, 0.1) is 15.8 Å². The number of esters is 1. The van der Waals surface area contributed by atoms with Gasteiger partial charge in [0.2, 0.25) is 0 Å². The Morgan fingerprint density at radius 1 is 1.12 bits per heavy atom. The number of halogens is 3. The van der Waals surface area contributed by atoms with Crippen molar-refractivity contribution in [2.45, 2.75) is 19.3 Å². The monoisotopic (exact) mass is 367 g/mol. The van der Waals surface area contributed by atoms with Crippen molar-refractivity contribution in [3.63, 3.8) is 0 Å². The van der Waals surface area contributed by atoms with Crippen molar-refractivity contribution in [1.29, 1.82) is 0 Å². The van der Waals surface area contributed by atoms with E-state index in [0.29, 0.717) is 5.52 Å². The number of thiazole rings is 1. The molecule has 1 aromatic heterocycles. The molecule has 25 heavy (non-hydrogen) atoms. The van der Waals surface area contributed by atoms with Crippen molar-refractivity contribution in [3.8, 4) is 0 Å². The number of aromatic nitrogens is 1. The summed E-state index contributed by atoms with van der Waals surface area (Å²) in [7, 11) is 0. The molecule has 0 saturated carbocycles. The Morgan fingerprint density at radius 2 is 1.88 bits per heavy atom. The normalized spacial score (nSPS) is 11.6. The third-order valence-corrected chi connectivity index (χ3v) is 4.48. The molecular weight excluding hydrogens is 355 g/mol. The number of carbonyl (C=O) groups is 1. The van der Waals surface area contributed by atoms with Gasteiger partial charge in [0, 0.05) is 0 Å². The highest BCUT2D eigenvalue weighted by Crippen LogP contribution is 2.29. The second-order valence-corrected chi connectivity index (χ2v) is 6.27. The van der Waals surface area contributed by atoms with Crippen LogP contribution in [0.3, 0.4) is 0 Å². The van der Waals surface area contributed by atoms with Gasteiger partial charge in [-0.05, 0) is 29.8 Å². The summed E-state index contributed by atoms with van der Waals surface area (Å²) in [5.74, 6) is -0.692. The average molecular weight is 367 g/mol. The number of rotatable bonds is 4. The van der Waals surface area contributed by atoms with Crippen molar-refractivity contribution in [2.75, 3.05) is 0 Å². The van der Waals surface area contributed by atoms with Crippen molar-refractivity contribution in [2.24, 2.45) is 0 Å². The average Bonchev–Trinajstić information content (AvgIpc) is 2.88. The first-order valence-corrected chi connectivity index (χ1v) is 8.06. The molecule has 0 amide bonds. The van der Waals surface area contributed by atoms with Crippen LogP contribution in [0, 0.1) is 0 Å². The number of benzene rings is 2. The molecule has 0 saturated heterocycles. The smallest absolute Gasteiger partial charge is 0.416 e. The van der Waals surface area contributed by atoms with Crippen LogP contribution in [0.15, 0.2) is 53.3 Å². The van der Waals surface area contributed by atoms with E-state index < -0.39 is 17.7 Å². The lowest BCUT2D eigenvalue weighted by atomic mass is 10.1. The van der Waals surface area contributed by atoms with Crippen molar-refractivity contribution < 1.29 is 22.7 Å². The van der Waals surface area contributed by atoms with Gasteiger partial charge in [-0.15, -0.1) is 0 Å². The first kappa shape index (κ1) is 17.2. The van der Waals surface area contributed by atoms with Crippen LogP contribution in [0.2, 0.25) is 0 Å². The summed E-state index contributed by atoms with van der Waals surface area (Å²) in [6.45, 7) is -0.582. The Labute approximate surface area is 144 Å². The number of ether oxygens (including phenoxy) is 1. The number of nitrogens with zero attached hydrogens (tertiary/aromatic N) is 1. The van der Waals surface area contributed by atoms with Gasteiger partial charge in [0.15, 0.2) is 0 Å². The third kappa shape index (κ3) is 3.90. The van der Waals surface area contributed by atoms with Crippen LogP contribution in [0.1, 0.15) is 11.1 Å². The van der Waals surface area contributed by atoms with Crippen molar-refractivity contribution in [3.05, 3.63) is 69.3 Å². The molecule has 8 heteroatoms. The van der Waals surface area contributed by atoms with Crippen LogP contribution < -0.4 is 4.87 Å². The predicted octanol–water partition coefficient (Wildman–Crippen LogP) is 3.83. The molecule has 0 aliphatic carbocycles. The minimum Gasteiger partial charge on any atom is -0.459 e. The molecule has 0 N–H and O–H groups in total. The molecule has 3 aromatic rings. The Morgan fingerprint density at radius 3 is 2.64 bits per heavy atom. The fourth-order valence-corrected chi connectivity index (χ4v) is 3.23. The van der Waals surface area contributed by atoms with Gasteiger partial charge in [-0.2, -0.15) is 13.2 Å². The van der Waals surface area contributed by atoms with E-state index in [1.54, 1.807) is 24.3 Å². The molecule has 2 aromatic carbocycles. The Bertz CT molecular complexity index is 975. The predicted molar refractivity (Wildman–Crippen MR) is 87.3 cm³/mol. The number of carbonyl (C=O) groups excluding carboxylic acids is 1. The molecule has 1 heterocycles. The van der Waals surface area contributed by atoms with Crippen LogP contribution in [0.25, 0.3) is 10.2 Å². The molecule has 3 rings (SSSR count). The highest BCUT2D eigenvalue weighted by atomic mass is 32.1. The lowest BCUT2D eigenvalue weighted by molar-refractivity contribution is -0.145. The van der Waals surface area contributed by atoms with Gasteiger partial charge in [0.1, 0.15) is 13.2 Å². The second-order valence-electron chi connectivity index (χ2n) is 5.28. The molecular formula is C17H12F3NO3S. The summed E-state index contributed by atoms with van der Waals surface area (Å²) in [6.07, 6.45) is -4.46. The number of alkyl halides is 3. The minimum absolute atomic E-state index is 0.227. The van der Waals surface area contributed by atoms with E-state index in [1.165, 1.54) is 16.7 Å². The molecule has 0 fully saturated rings. The van der Waals surface area contributed by atoms with Crippen LogP contribution >= 0.6 is 11.3 Å². The van der Waals surface area contributed by atoms with Gasteiger partial charge in [-0.25, -0.2) is 0 Å². The van der Waals surface area contributed by atoms with Gasteiger partial charge < -0.3 is 4.74 Å². The Kier molecular flexibility index (Phi) is 4.63. The Balaban J connectivity index is 1.69. The molecule has 4 nitrogen and oxygen atoms in total. The second kappa shape index (κ2) is 6.72. The largest absolute Gasteiger partial charge is 0.459 e. The van der Waals surface area contributed by atoms with Crippen molar-refractivity contribution in [1.82, 2.24) is 4.57 Å². The number of hydrogen-bond acceptors (Lipinski definition) is 4. The molecule has 130 valence electrons. The number of fused-ring (bicyclic) bond motifs is 1. The molecule has 0 aliphatic heterocycles. The van der Waals surface area contributed by atoms with E-state index in [1.807, 2.05) is 0 Å². The summed E-state index contributed by atoms with van der Waals surface area (Å²) < 4.78 is 45.0. The summed E-state index contributed by atoms with van der Waals surface area (Å²) in [5.41, 5.74) is 0.0420. The lowest BCUT2D eigenvalue weighted by Crippen LogP contribution is -2.20. The molecule has 0 atom stereocenters. The molecule has 0 bridgehead atoms. The summed E-state index contributed by atoms with van der Waals surface area (Å²) in [6, 6.07) is 11.6. The maximum absolute atomic E-state index is 12.7. The fraction of sp³-hybridized carbons (Fsp3) is 0.176. The van der Waals surface area contributed by atoms with E-state index >= 15 is 0 Å². The van der Waals surface area contributed by atoms with Crippen LogP contribution in [0.5, 0.6) is 0 Å².